The van der Waals surface area contributed by atoms with E-state index >= 15 is 0 Å². The van der Waals surface area contributed by atoms with Crippen molar-refractivity contribution in [1.82, 2.24) is 4.90 Å². The van der Waals surface area contributed by atoms with Crippen LogP contribution in [0.4, 0.5) is 13.2 Å². The summed E-state index contributed by atoms with van der Waals surface area (Å²) in [6.45, 7) is 0.438. The van der Waals surface area contributed by atoms with Crippen molar-refractivity contribution < 1.29 is 37.8 Å². The first-order valence-electron chi connectivity index (χ1n) is 7.56. The molecule has 144 valence electrons. The lowest BCUT2D eigenvalue weighted by atomic mass is 9.75. The molecule has 26 heavy (non-hydrogen) atoms. The molecule has 0 aromatic heterocycles. The van der Waals surface area contributed by atoms with Gasteiger partial charge in [-0.3, -0.25) is 4.79 Å². The van der Waals surface area contributed by atoms with Crippen LogP contribution in [-0.2, 0) is 4.79 Å². The maximum absolute atomic E-state index is 12.4. The predicted molar refractivity (Wildman–Crippen MR) is 84.8 cm³/mol. The molecule has 1 amide bonds. The SMILES string of the molecule is CN(C(=O)c1cccc(C(=O)O)c1)C1(CN)CCC1.O=C(O)C(F)(F)F. The second-order valence-corrected chi connectivity index (χ2v) is 5.84. The Labute approximate surface area is 147 Å². The van der Waals surface area contributed by atoms with Gasteiger partial charge in [0, 0.05) is 19.2 Å². The maximum atomic E-state index is 12.4. The van der Waals surface area contributed by atoms with E-state index < -0.39 is 18.1 Å². The average molecular weight is 376 g/mol. The van der Waals surface area contributed by atoms with Crippen molar-refractivity contribution in [2.24, 2.45) is 5.73 Å². The van der Waals surface area contributed by atoms with Crippen molar-refractivity contribution >= 4 is 17.8 Å². The van der Waals surface area contributed by atoms with E-state index in [9.17, 15) is 22.8 Å². The van der Waals surface area contributed by atoms with Gasteiger partial charge in [-0.2, -0.15) is 13.2 Å². The number of amides is 1. The van der Waals surface area contributed by atoms with Crippen LogP contribution in [0.3, 0.4) is 0 Å². The van der Waals surface area contributed by atoms with Gasteiger partial charge in [0.1, 0.15) is 0 Å². The van der Waals surface area contributed by atoms with Crippen LogP contribution in [0.25, 0.3) is 0 Å². The number of hydrogen-bond donors (Lipinski definition) is 3. The summed E-state index contributed by atoms with van der Waals surface area (Å²) in [6, 6.07) is 6.10. The van der Waals surface area contributed by atoms with Crippen molar-refractivity contribution in [2.75, 3.05) is 13.6 Å². The molecule has 10 heteroatoms. The van der Waals surface area contributed by atoms with Crippen LogP contribution < -0.4 is 5.73 Å². The Kier molecular flexibility index (Phi) is 6.73. The molecule has 2 rings (SSSR count). The molecule has 7 nitrogen and oxygen atoms in total. The number of likely N-dealkylation sites (N-methyl/N-ethyl adjacent to an activating group) is 1. The third kappa shape index (κ3) is 4.94. The second kappa shape index (κ2) is 8.17. The molecular weight excluding hydrogens is 357 g/mol. The summed E-state index contributed by atoms with van der Waals surface area (Å²) >= 11 is 0. The zero-order valence-electron chi connectivity index (χ0n) is 13.9. The Hall–Kier alpha value is -2.62. The molecule has 1 aromatic carbocycles. The highest BCUT2D eigenvalue weighted by Gasteiger charge is 2.42. The Morgan fingerprint density at radius 1 is 1.19 bits per heavy atom. The van der Waals surface area contributed by atoms with E-state index in [1.165, 1.54) is 12.1 Å². The maximum Gasteiger partial charge on any atom is 0.490 e. The largest absolute Gasteiger partial charge is 0.490 e. The number of halogens is 3. The van der Waals surface area contributed by atoms with E-state index in [0.717, 1.165) is 19.3 Å². The third-order valence-electron chi connectivity index (χ3n) is 4.28. The van der Waals surface area contributed by atoms with Crippen LogP contribution in [-0.4, -0.2) is 58.3 Å². The normalized spacial score (nSPS) is 15.1. The molecule has 0 heterocycles. The molecule has 0 spiro atoms. The molecule has 1 fully saturated rings. The molecule has 0 aliphatic heterocycles. The van der Waals surface area contributed by atoms with Crippen molar-refractivity contribution in [3.8, 4) is 0 Å². The van der Waals surface area contributed by atoms with E-state index in [1.807, 2.05) is 0 Å². The first-order valence-corrected chi connectivity index (χ1v) is 7.56. The van der Waals surface area contributed by atoms with Crippen LogP contribution in [0.2, 0.25) is 0 Å². The molecule has 0 unspecified atom stereocenters. The molecule has 0 radical (unpaired) electrons. The Balaban J connectivity index is 0.000000412. The summed E-state index contributed by atoms with van der Waals surface area (Å²) in [5.74, 6) is -3.96. The molecule has 0 atom stereocenters. The predicted octanol–water partition coefficient (Wildman–Crippen LogP) is 1.97. The van der Waals surface area contributed by atoms with Gasteiger partial charge in [0.15, 0.2) is 0 Å². The Morgan fingerprint density at radius 2 is 1.69 bits per heavy atom. The minimum absolute atomic E-state index is 0.120. The highest BCUT2D eigenvalue weighted by atomic mass is 19.4. The fourth-order valence-corrected chi connectivity index (χ4v) is 2.46. The second-order valence-electron chi connectivity index (χ2n) is 5.84. The zero-order chi connectivity index (χ0) is 20.1. The molecule has 0 bridgehead atoms. The zero-order valence-corrected chi connectivity index (χ0v) is 13.9. The summed E-state index contributed by atoms with van der Waals surface area (Å²) in [4.78, 5) is 33.9. The fourth-order valence-electron chi connectivity index (χ4n) is 2.46. The monoisotopic (exact) mass is 376 g/mol. The fraction of sp³-hybridized carbons (Fsp3) is 0.438. The summed E-state index contributed by atoms with van der Waals surface area (Å²) in [5, 5.41) is 16.1. The van der Waals surface area contributed by atoms with E-state index in [4.69, 9.17) is 20.7 Å². The molecule has 1 saturated carbocycles. The lowest BCUT2D eigenvalue weighted by Gasteiger charge is -2.48. The molecule has 1 aromatic rings. The number of aromatic carboxylic acids is 1. The van der Waals surface area contributed by atoms with Gasteiger partial charge in [0.2, 0.25) is 0 Å². The Morgan fingerprint density at radius 3 is 2.04 bits per heavy atom. The smallest absolute Gasteiger partial charge is 0.478 e. The van der Waals surface area contributed by atoms with E-state index in [-0.39, 0.29) is 17.0 Å². The highest BCUT2D eigenvalue weighted by Crippen LogP contribution is 2.36. The average Bonchev–Trinajstić information content (AvgIpc) is 2.53. The first-order chi connectivity index (χ1) is 11.9. The number of carbonyl (C=O) groups excluding carboxylic acids is 1. The molecule has 0 saturated heterocycles. The topological polar surface area (TPSA) is 121 Å². The van der Waals surface area contributed by atoms with Gasteiger partial charge in [0.05, 0.1) is 11.1 Å². The first kappa shape index (κ1) is 21.4. The van der Waals surface area contributed by atoms with Gasteiger partial charge < -0.3 is 20.8 Å². The number of rotatable bonds is 4. The van der Waals surface area contributed by atoms with Gasteiger partial charge in [0.25, 0.3) is 5.91 Å². The van der Waals surface area contributed by atoms with Gasteiger partial charge >= 0.3 is 18.1 Å². The van der Waals surface area contributed by atoms with Crippen molar-refractivity contribution in [3.05, 3.63) is 35.4 Å². The van der Waals surface area contributed by atoms with Gasteiger partial charge in [-0.15, -0.1) is 0 Å². The molecule has 4 N–H and O–H groups in total. The lowest BCUT2D eigenvalue weighted by molar-refractivity contribution is -0.192. The van der Waals surface area contributed by atoms with E-state index in [0.29, 0.717) is 12.1 Å². The van der Waals surface area contributed by atoms with E-state index in [2.05, 4.69) is 0 Å². The van der Waals surface area contributed by atoms with Crippen molar-refractivity contribution in [1.29, 1.82) is 0 Å². The van der Waals surface area contributed by atoms with Crippen LogP contribution in [0.5, 0.6) is 0 Å². The van der Waals surface area contributed by atoms with E-state index in [1.54, 1.807) is 24.1 Å². The summed E-state index contributed by atoms with van der Waals surface area (Å²) in [5.41, 5.74) is 6.03. The molecule has 1 aliphatic carbocycles. The third-order valence-corrected chi connectivity index (χ3v) is 4.28. The van der Waals surface area contributed by atoms with Crippen molar-refractivity contribution in [3.63, 3.8) is 0 Å². The quantitative estimate of drug-likeness (QED) is 0.739. The number of alkyl halides is 3. The minimum Gasteiger partial charge on any atom is -0.478 e. The van der Waals surface area contributed by atoms with Crippen LogP contribution in [0, 0.1) is 0 Å². The van der Waals surface area contributed by atoms with Gasteiger partial charge in [-0.25, -0.2) is 9.59 Å². The number of nitrogens with zero attached hydrogens (tertiary/aromatic N) is 1. The number of carboxylic acids is 2. The summed E-state index contributed by atoms with van der Waals surface area (Å²) < 4.78 is 31.7. The summed E-state index contributed by atoms with van der Waals surface area (Å²) in [6.07, 6.45) is -2.20. The molecule has 1 aliphatic rings. The number of hydrogen-bond acceptors (Lipinski definition) is 4. The number of nitrogens with two attached hydrogens (primary N) is 1. The van der Waals surface area contributed by atoms with Crippen LogP contribution in [0.15, 0.2) is 24.3 Å². The minimum atomic E-state index is -5.08. The molecular formula is C16H19F3N2O5. The highest BCUT2D eigenvalue weighted by molar-refractivity contribution is 5.97. The van der Waals surface area contributed by atoms with Crippen LogP contribution >= 0.6 is 0 Å². The standard InChI is InChI=1S/C14H18N2O3.C2HF3O2/c1-16(14(9-15)6-3-7-14)12(17)10-4-2-5-11(8-10)13(18)19;3-2(4,5)1(6)7/h2,4-5,8H,3,6-7,9,15H2,1H3,(H,18,19);(H,6,7). The Bertz CT molecular complexity index is 681. The van der Waals surface area contributed by atoms with Gasteiger partial charge in [-0.1, -0.05) is 6.07 Å². The number of aliphatic carboxylic acids is 1. The van der Waals surface area contributed by atoms with Crippen molar-refractivity contribution in [2.45, 2.75) is 31.0 Å². The summed E-state index contributed by atoms with van der Waals surface area (Å²) in [7, 11) is 1.74. The number of carbonyl (C=O) groups is 3. The van der Waals surface area contributed by atoms with Crippen LogP contribution in [0.1, 0.15) is 40.0 Å². The van der Waals surface area contributed by atoms with Gasteiger partial charge in [-0.05, 0) is 37.5 Å². The number of benzene rings is 1. The number of carboxylic acid groups (broad SMARTS) is 2. The lowest BCUT2D eigenvalue weighted by Crippen LogP contribution is -2.58.